The van der Waals surface area contributed by atoms with E-state index in [9.17, 15) is 13.2 Å². The lowest BCUT2D eigenvalue weighted by molar-refractivity contribution is 0.0951. The van der Waals surface area contributed by atoms with Gasteiger partial charge in [0.05, 0.1) is 0 Å². The summed E-state index contributed by atoms with van der Waals surface area (Å²) in [6.07, 6.45) is 0. The molecule has 0 saturated heterocycles. The average Bonchev–Trinajstić information content (AvgIpc) is 3.03. The third kappa shape index (κ3) is 4.87. The maximum absolute atomic E-state index is 12.5. The van der Waals surface area contributed by atoms with E-state index in [-0.39, 0.29) is 16.6 Å². The van der Waals surface area contributed by atoms with E-state index in [1.165, 1.54) is 11.6 Å². The summed E-state index contributed by atoms with van der Waals surface area (Å²) < 4.78 is 28.2. The minimum Gasteiger partial charge on any atom is -0.348 e. The number of fused-ring (bicyclic) bond motifs is 1. The van der Waals surface area contributed by atoms with Crippen LogP contribution < -0.4 is 10.6 Å². The van der Waals surface area contributed by atoms with Crippen LogP contribution in [0.15, 0.2) is 82.1 Å². The molecule has 3 aromatic carbocycles. The molecule has 0 radical (unpaired) electrons. The molecule has 32 heavy (non-hydrogen) atoms. The second-order valence-electron chi connectivity index (χ2n) is 7.85. The highest BCUT2D eigenvalue weighted by Crippen LogP contribution is 2.26. The van der Waals surface area contributed by atoms with Crippen LogP contribution in [0.5, 0.6) is 0 Å². The molecule has 0 unspecified atom stereocenters. The van der Waals surface area contributed by atoms with Crippen molar-refractivity contribution in [3.05, 3.63) is 95.1 Å². The van der Waals surface area contributed by atoms with Gasteiger partial charge >= 0.3 is 0 Å². The molecule has 0 saturated carbocycles. The van der Waals surface area contributed by atoms with Crippen LogP contribution in [0.25, 0.3) is 0 Å². The van der Waals surface area contributed by atoms with Gasteiger partial charge in [-0.1, -0.05) is 36.4 Å². The van der Waals surface area contributed by atoms with Crippen molar-refractivity contribution in [1.82, 2.24) is 10.2 Å². The lowest BCUT2D eigenvalue weighted by Crippen LogP contribution is -2.22. The number of rotatable bonds is 6. The summed E-state index contributed by atoms with van der Waals surface area (Å²) in [5, 5.41) is 5.95. The molecule has 8 heteroatoms. The molecule has 0 atom stereocenters. The molecule has 3 aromatic rings. The van der Waals surface area contributed by atoms with E-state index in [4.69, 9.17) is 0 Å². The van der Waals surface area contributed by atoms with Crippen molar-refractivity contribution < 1.29 is 13.2 Å². The largest absolute Gasteiger partial charge is 0.348 e. The Balaban J connectivity index is 1.37. The molecule has 1 heterocycles. The van der Waals surface area contributed by atoms with Crippen molar-refractivity contribution in [3.8, 4) is 0 Å². The number of nitrogens with zero attached hydrogens (tertiary/aromatic N) is 2. The Morgan fingerprint density at radius 1 is 0.906 bits per heavy atom. The number of carbonyl (C=O) groups is 1. The van der Waals surface area contributed by atoms with Crippen LogP contribution in [-0.4, -0.2) is 39.2 Å². The number of nitrogens with one attached hydrogen (secondary N) is 2. The molecule has 0 aromatic heterocycles. The van der Waals surface area contributed by atoms with Gasteiger partial charge in [-0.15, -0.1) is 4.40 Å². The zero-order valence-corrected chi connectivity index (χ0v) is 18.7. The van der Waals surface area contributed by atoms with Crippen LogP contribution in [0.4, 0.5) is 5.69 Å². The summed E-state index contributed by atoms with van der Waals surface area (Å²) in [7, 11) is 0.369. The number of carbonyl (C=O) groups excluding carboxylic acids is 1. The Morgan fingerprint density at radius 3 is 2.25 bits per heavy atom. The van der Waals surface area contributed by atoms with E-state index >= 15 is 0 Å². The molecule has 0 aliphatic carbocycles. The van der Waals surface area contributed by atoms with Gasteiger partial charge in [0.15, 0.2) is 5.84 Å². The second kappa shape index (κ2) is 8.94. The second-order valence-corrected chi connectivity index (χ2v) is 9.42. The number of amidine groups is 1. The van der Waals surface area contributed by atoms with Crippen molar-refractivity contribution >= 4 is 27.5 Å². The van der Waals surface area contributed by atoms with Crippen LogP contribution in [-0.2, 0) is 23.1 Å². The van der Waals surface area contributed by atoms with Gasteiger partial charge in [0.2, 0.25) is 0 Å². The van der Waals surface area contributed by atoms with E-state index in [0.29, 0.717) is 23.4 Å². The van der Waals surface area contributed by atoms with Gasteiger partial charge in [-0.3, -0.25) is 4.79 Å². The average molecular weight is 449 g/mol. The minimum atomic E-state index is -3.68. The van der Waals surface area contributed by atoms with Gasteiger partial charge in [0.1, 0.15) is 4.90 Å². The maximum atomic E-state index is 12.5. The highest BCUT2D eigenvalue weighted by Gasteiger charge is 2.28. The van der Waals surface area contributed by atoms with Gasteiger partial charge < -0.3 is 15.5 Å². The monoisotopic (exact) mass is 448 g/mol. The number of hydrogen-bond donors (Lipinski definition) is 2. The fourth-order valence-corrected chi connectivity index (χ4v) is 4.63. The first-order valence-corrected chi connectivity index (χ1v) is 11.6. The number of sulfonamides is 1. The third-order valence-corrected chi connectivity index (χ3v) is 6.35. The van der Waals surface area contributed by atoms with Gasteiger partial charge in [0.25, 0.3) is 15.9 Å². The SMILES string of the molecule is CN(C)Cc1ccc(CNC(=O)c2ccc(NC3=NS(=O)(=O)c4ccccc43)cc2)cc1. The molecule has 1 amide bonds. The van der Waals surface area contributed by atoms with Crippen LogP contribution in [0.2, 0.25) is 0 Å². The standard InChI is InChI=1S/C24H24N4O3S/c1-28(2)16-18-9-7-17(8-10-18)15-25-24(29)19-11-13-20(14-12-19)26-23-21-5-3-4-6-22(21)32(30,31)27-23/h3-14H,15-16H2,1-2H3,(H,25,29)(H,26,27). The zero-order valence-electron chi connectivity index (χ0n) is 17.9. The molecule has 2 N–H and O–H groups in total. The summed E-state index contributed by atoms with van der Waals surface area (Å²) in [6.45, 7) is 1.31. The Hall–Kier alpha value is -3.49. The Morgan fingerprint density at radius 2 is 1.56 bits per heavy atom. The Bertz CT molecular complexity index is 1270. The fraction of sp³-hybridized carbons (Fsp3) is 0.167. The Kier molecular flexibility index (Phi) is 6.07. The van der Waals surface area contributed by atoms with Gasteiger partial charge in [-0.05, 0) is 61.6 Å². The van der Waals surface area contributed by atoms with Gasteiger partial charge in [-0.2, -0.15) is 8.42 Å². The van der Waals surface area contributed by atoms with Crippen LogP contribution >= 0.6 is 0 Å². The predicted molar refractivity (Wildman–Crippen MR) is 125 cm³/mol. The molecule has 4 rings (SSSR count). The quantitative estimate of drug-likeness (QED) is 0.604. The van der Waals surface area contributed by atoms with Crippen molar-refractivity contribution in [3.63, 3.8) is 0 Å². The molecular formula is C24H24N4O3S. The topological polar surface area (TPSA) is 90.9 Å². The van der Waals surface area contributed by atoms with Gasteiger partial charge in [0, 0.05) is 29.9 Å². The van der Waals surface area contributed by atoms with Crippen molar-refractivity contribution in [2.24, 2.45) is 4.40 Å². The lowest BCUT2D eigenvalue weighted by atomic mass is 10.1. The van der Waals surface area contributed by atoms with Crippen molar-refractivity contribution in [1.29, 1.82) is 0 Å². The van der Waals surface area contributed by atoms with E-state index in [0.717, 1.165) is 12.1 Å². The van der Waals surface area contributed by atoms with E-state index in [1.807, 2.05) is 26.2 Å². The molecule has 164 valence electrons. The minimum absolute atomic E-state index is 0.181. The summed E-state index contributed by atoms with van der Waals surface area (Å²) in [4.78, 5) is 14.8. The fourth-order valence-electron chi connectivity index (χ4n) is 3.45. The normalized spacial score (nSPS) is 14.0. The molecule has 7 nitrogen and oxygen atoms in total. The molecular weight excluding hydrogens is 424 g/mol. The van der Waals surface area contributed by atoms with Crippen LogP contribution in [0.3, 0.4) is 0 Å². The number of amides is 1. The number of anilines is 1. The smallest absolute Gasteiger partial charge is 0.285 e. The molecule has 1 aliphatic rings. The van der Waals surface area contributed by atoms with Crippen LogP contribution in [0.1, 0.15) is 27.0 Å². The van der Waals surface area contributed by atoms with E-state index in [2.05, 4.69) is 32.1 Å². The van der Waals surface area contributed by atoms with Crippen molar-refractivity contribution in [2.45, 2.75) is 18.0 Å². The first-order chi connectivity index (χ1) is 15.3. The number of hydrogen-bond acceptors (Lipinski definition) is 5. The molecule has 0 spiro atoms. The highest BCUT2D eigenvalue weighted by molar-refractivity contribution is 7.90. The molecule has 1 aliphatic heterocycles. The zero-order chi connectivity index (χ0) is 22.7. The third-order valence-electron chi connectivity index (χ3n) is 5.02. The first-order valence-electron chi connectivity index (χ1n) is 10.1. The first kappa shape index (κ1) is 21.7. The number of benzene rings is 3. The lowest BCUT2D eigenvalue weighted by Gasteiger charge is -2.11. The maximum Gasteiger partial charge on any atom is 0.285 e. The van der Waals surface area contributed by atoms with E-state index in [1.54, 1.807) is 42.5 Å². The van der Waals surface area contributed by atoms with Gasteiger partial charge in [-0.25, -0.2) is 0 Å². The van der Waals surface area contributed by atoms with Crippen LogP contribution in [0, 0.1) is 0 Å². The Labute approximate surface area is 187 Å². The highest BCUT2D eigenvalue weighted by atomic mass is 32.2. The van der Waals surface area contributed by atoms with E-state index < -0.39 is 10.0 Å². The predicted octanol–water partition coefficient (Wildman–Crippen LogP) is 3.24. The summed E-state index contributed by atoms with van der Waals surface area (Å²) in [5.41, 5.74) is 3.93. The molecule has 0 bridgehead atoms. The van der Waals surface area contributed by atoms with Crippen molar-refractivity contribution in [2.75, 3.05) is 19.4 Å². The summed E-state index contributed by atoms with van der Waals surface area (Å²) >= 11 is 0. The summed E-state index contributed by atoms with van der Waals surface area (Å²) in [5.74, 6) is 0.0931. The summed E-state index contributed by atoms with van der Waals surface area (Å²) in [6, 6.07) is 21.6. The molecule has 0 fully saturated rings.